The summed E-state index contributed by atoms with van der Waals surface area (Å²) in [6.07, 6.45) is 2.13. The number of piperidine rings is 1. The molecule has 0 aromatic heterocycles. The number of nitrogens with zero attached hydrogens (tertiary/aromatic N) is 1. The molecular formula is C22H25BrN2O. The third-order valence-electron chi connectivity index (χ3n) is 5.91. The maximum absolute atomic E-state index is 13.2. The number of rotatable bonds is 3. The van der Waals surface area contributed by atoms with Crippen molar-refractivity contribution in [3.8, 4) is 0 Å². The van der Waals surface area contributed by atoms with Gasteiger partial charge in [-0.2, -0.15) is 0 Å². The second-order valence-corrected chi connectivity index (χ2v) is 8.26. The van der Waals surface area contributed by atoms with Gasteiger partial charge >= 0.3 is 0 Å². The zero-order chi connectivity index (χ0) is 17.9. The van der Waals surface area contributed by atoms with Crippen LogP contribution in [0.1, 0.15) is 35.8 Å². The Labute approximate surface area is 163 Å². The molecule has 2 aromatic carbocycles. The molecule has 2 atom stereocenters. The predicted molar refractivity (Wildman–Crippen MR) is 108 cm³/mol. The van der Waals surface area contributed by atoms with Gasteiger partial charge in [-0.25, -0.2) is 0 Å². The lowest BCUT2D eigenvalue weighted by atomic mass is 9.86. The summed E-state index contributed by atoms with van der Waals surface area (Å²) in [6, 6.07) is 19.0. The van der Waals surface area contributed by atoms with E-state index >= 15 is 0 Å². The van der Waals surface area contributed by atoms with E-state index in [0.29, 0.717) is 11.8 Å². The number of likely N-dealkylation sites (tertiary alicyclic amines) is 1. The van der Waals surface area contributed by atoms with Crippen LogP contribution < -0.4 is 5.32 Å². The van der Waals surface area contributed by atoms with E-state index in [2.05, 4.69) is 74.7 Å². The highest BCUT2D eigenvalue weighted by Gasteiger charge is 2.38. The maximum atomic E-state index is 13.2. The normalized spacial score (nSPS) is 24.0. The lowest BCUT2D eigenvalue weighted by molar-refractivity contribution is -0.136. The van der Waals surface area contributed by atoms with Gasteiger partial charge in [0.05, 0.1) is 5.92 Å². The van der Waals surface area contributed by atoms with Crippen molar-refractivity contribution >= 4 is 21.8 Å². The molecule has 4 rings (SSSR count). The Hall–Kier alpha value is -1.65. The molecule has 0 aliphatic carbocycles. The van der Waals surface area contributed by atoms with Gasteiger partial charge in [0.15, 0.2) is 0 Å². The molecule has 2 heterocycles. The highest BCUT2D eigenvalue weighted by molar-refractivity contribution is 9.10. The summed E-state index contributed by atoms with van der Waals surface area (Å²) in [7, 11) is 0. The molecular weight excluding hydrogens is 388 g/mol. The molecule has 1 amide bonds. The highest BCUT2D eigenvalue weighted by Crippen LogP contribution is 2.35. The van der Waals surface area contributed by atoms with Crippen LogP contribution in [-0.4, -0.2) is 37.0 Å². The Balaban J connectivity index is 1.42. The van der Waals surface area contributed by atoms with Crippen molar-refractivity contribution in [1.29, 1.82) is 0 Å². The summed E-state index contributed by atoms with van der Waals surface area (Å²) >= 11 is 3.66. The molecule has 0 bridgehead atoms. The van der Waals surface area contributed by atoms with E-state index in [1.54, 1.807) is 0 Å². The number of amides is 1. The van der Waals surface area contributed by atoms with Gasteiger partial charge in [-0.05, 0) is 36.0 Å². The maximum Gasteiger partial charge on any atom is 0.227 e. The monoisotopic (exact) mass is 412 g/mol. The molecule has 1 unspecified atom stereocenters. The van der Waals surface area contributed by atoms with Crippen molar-refractivity contribution in [2.45, 2.75) is 24.7 Å². The molecule has 3 nitrogen and oxygen atoms in total. The Morgan fingerprint density at radius 3 is 2.38 bits per heavy atom. The Kier molecular flexibility index (Phi) is 5.41. The molecule has 2 fully saturated rings. The first-order chi connectivity index (χ1) is 12.7. The van der Waals surface area contributed by atoms with Crippen LogP contribution in [0.2, 0.25) is 0 Å². The van der Waals surface area contributed by atoms with Crippen molar-refractivity contribution in [3.63, 3.8) is 0 Å². The Bertz CT molecular complexity index is 756. The second-order valence-electron chi connectivity index (χ2n) is 7.40. The van der Waals surface area contributed by atoms with Crippen LogP contribution >= 0.6 is 15.9 Å². The van der Waals surface area contributed by atoms with E-state index in [1.165, 1.54) is 11.1 Å². The van der Waals surface area contributed by atoms with Crippen molar-refractivity contribution < 1.29 is 4.79 Å². The summed E-state index contributed by atoms with van der Waals surface area (Å²) in [5.74, 6) is 1.20. The summed E-state index contributed by atoms with van der Waals surface area (Å²) in [6.45, 7) is 3.40. The summed E-state index contributed by atoms with van der Waals surface area (Å²) in [5, 5.41) is 3.43. The standard InChI is InChI=1S/C22H25BrN2O/c23-21-9-5-4-8-18(21)19-14-24-15-20(19)22(26)25-12-10-17(11-13-25)16-6-2-1-3-7-16/h1-9,17,19-20,24H,10-15H2/t19?,20-/m1/s1. The molecule has 0 spiro atoms. The van der Waals surface area contributed by atoms with Crippen LogP contribution in [0.5, 0.6) is 0 Å². The van der Waals surface area contributed by atoms with Gasteiger partial charge in [0.25, 0.3) is 0 Å². The minimum atomic E-state index is 0.0435. The van der Waals surface area contributed by atoms with Crippen LogP contribution in [0.25, 0.3) is 0 Å². The first-order valence-corrected chi connectivity index (χ1v) is 10.3. The van der Waals surface area contributed by atoms with Gasteiger partial charge in [-0.15, -0.1) is 0 Å². The molecule has 2 aliphatic rings. The largest absolute Gasteiger partial charge is 0.342 e. The number of halogens is 1. The molecule has 2 aliphatic heterocycles. The second kappa shape index (κ2) is 7.93. The summed E-state index contributed by atoms with van der Waals surface area (Å²) in [4.78, 5) is 15.3. The molecule has 2 aromatic rings. The number of carbonyl (C=O) groups is 1. The van der Waals surface area contributed by atoms with Gasteiger partial charge in [0, 0.05) is 36.6 Å². The zero-order valence-corrected chi connectivity index (χ0v) is 16.5. The SMILES string of the molecule is O=C([C@@H]1CNCC1c1ccccc1Br)N1CCC(c2ccccc2)CC1. The van der Waals surface area contributed by atoms with Gasteiger partial charge in [-0.1, -0.05) is 64.5 Å². The lowest BCUT2D eigenvalue weighted by Gasteiger charge is -2.35. The number of hydrogen-bond donors (Lipinski definition) is 1. The molecule has 0 radical (unpaired) electrons. The quantitative estimate of drug-likeness (QED) is 0.820. The van der Waals surface area contributed by atoms with Crippen LogP contribution in [0.3, 0.4) is 0 Å². The Morgan fingerprint density at radius 2 is 1.65 bits per heavy atom. The van der Waals surface area contributed by atoms with E-state index < -0.39 is 0 Å². The minimum Gasteiger partial charge on any atom is -0.342 e. The molecule has 1 N–H and O–H groups in total. The van der Waals surface area contributed by atoms with Crippen molar-refractivity contribution in [1.82, 2.24) is 10.2 Å². The lowest BCUT2D eigenvalue weighted by Crippen LogP contribution is -2.43. The van der Waals surface area contributed by atoms with E-state index in [9.17, 15) is 4.79 Å². The van der Waals surface area contributed by atoms with Crippen molar-refractivity contribution in [2.24, 2.45) is 5.92 Å². The van der Waals surface area contributed by atoms with Crippen LogP contribution in [0.4, 0.5) is 0 Å². The molecule has 26 heavy (non-hydrogen) atoms. The fourth-order valence-electron chi connectivity index (χ4n) is 4.43. The Morgan fingerprint density at radius 1 is 0.962 bits per heavy atom. The van der Waals surface area contributed by atoms with Gasteiger partial charge in [0.2, 0.25) is 5.91 Å². The van der Waals surface area contributed by atoms with E-state index in [1.807, 2.05) is 6.07 Å². The molecule has 0 saturated carbocycles. The highest BCUT2D eigenvalue weighted by atomic mass is 79.9. The topological polar surface area (TPSA) is 32.3 Å². The van der Waals surface area contributed by atoms with E-state index in [0.717, 1.165) is 43.5 Å². The average Bonchev–Trinajstić information content (AvgIpc) is 3.18. The van der Waals surface area contributed by atoms with Gasteiger partial charge in [0.1, 0.15) is 0 Å². The number of nitrogens with one attached hydrogen (secondary N) is 1. The summed E-state index contributed by atoms with van der Waals surface area (Å²) < 4.78 is 1.11. The predicted octanol–water partition coefficient (Wildman–Crippen LogP) is 4.16. The molecule has 2 saturated heterocycles. The number of hydrogen-bond acceptors (Lipinski definition) is 2. The first-order valence-electron chi connectivity index (χ1n) is 9.53. The van der Waals surface area contributed by atoms with Crippen LogP contribution in [0, 0.1) is 5.92 Å². The zero-order valence-electron chi connectivity index (χ0n) is 14.9. The third-order valence-corrected chi connectivity index (χ3v) is 6.64. The number of carbonyl (C=O) groups excluding carboxylic acids is 1. The van der Waals surface area contributed by atoms with E-state index in [-0.39, 0.29) is 11.8 Å². The van der Waals surface area contributed by atoms with Crippen molar-refractivity contribution in [2.75, 3.05) is 26.2 Å². The smallest absolute Gasteiger partial charge is 0.227 e. The van der Waals surface area contributed by atoms with Crippen molar-refractivity contribution in [3.05, 3.63) is 70.2 Å². The molecule has 136 valence electrons. The van der Waals surface area contributed by atoms with Crippen LogP contribution in [-0.2, 0) is 4.79 Å². The van der Waals surface area contributed by atoms with E-state index in [4.69, 9.17) is 0 Å². The minimum absolute atomic E-state index is 0.0435. The molecule has 4 heteroatoms. The van der Waals surface area contributed by atoms with Gasteiger partial charge < -0.3 is 10.2 Å². The third kappa shape index (κ3) is 3.58. The van der Waals surface area contributed by atoms with Gasteiger partial charge in [-0.3, -0.25) is 4.79 Å². The fourth-order valence-corrected chi connectivity index (χ4v) is 5.01. The van der Waals surface area contributed by atoms with Crippen LogP contribution in [0.15, 0.2) is 59.1 Å². The number of benzene rings is 2. The summed E-state index contributed by atoms with van der Waals surface area (Å²) in [5.41, 5.74) is 2.66. The fraction of sp³-hybridized carbons (Fsp3) is 0.409. The first kappa shape index (κ1) is 17.7. The average molecular weight is 413 g/mol.